The first kappa shape index (κ1) is 6.60. The Morgan fingerprint density at radius 1 is 1.23 bits per heavy atom. The molecular formula is C10H6N2O. The minimum atomic E-state index is 0.267. The zero-order valence-electron chi connectivity index (χ0n) is 6.73. The van der Waals surface area contributed by atoms with Gasteiger partial charge in [-0.05, 0) is 23.4 Å². The van der Waals surface area contributed by atoms with Gasteiger partial charge in [-0.2, -0.15) is 5.11 Å². The van der Waals surface area contributed by atoms with Crippen LogP contribution in [0.2, 0.25) is 0 Å². The molecule has 0 fully saturated rings. The third-order valence-corrected chi connectivity index (χ3v) is 2.23. The van der Waals surface area contributed by atoms with Gasteiger partial charge in [0.2, 0.25) is 0 Å². The molecule has 3 nitrogen and oxygen atoms in total. The lowest BCUT2D eigenvalue weighted by atomic mass is 10.2. The number of fused-ring (bicyclic) bond motifs is 2. The second kappa shape index (κ2) is 2.07. The van der Waals surface area contributed by atoms with Crippen molar-refractivity contribution in [3.05, 3.63) is 40.4 Å². The summed E-state index contributed by atoms with van der Waals surface area (Å²) in [4.78, 5) is 0. The van der Waals surface area contributed by atoms with Gasteiger partial charge in [0.05, 0.1) is 6.20 Å². The highest BCUT2D eigenvalue weighted by Crippen LogP contribution is 2.22. The Morgan fingerprint density at radius 3 is 3.08 bits per heavy atom. The van der Waals surface area contributed by atoms with E-state index >= 15 is 0 Å². The maximum Gasteiger partial charge on any atom is 0.116 e. The third-order valence-electron chi connectivity index (χ3n) is 2.23. The van der Waals surface area contributed by atoms with Crippen molar-refractivity contribution in [3.8, 4) is 5.75 Å². The Hall–Kier alpha value is -1.90. The van der Waals surface area contributed by atoms with Crippen LogP contribution in [0.15, 0.2) is 40.2 Å². The first-order chi connectivity index (χ1) is 6.34. The smallest absolute Gasteiger partial charge is 0.116 e. The van der Waals surface area contributed by atoms with Crippen molar-refractivity contribution in [2.75, 3.05) is 0 Å². The third kappa shape index (κ3) is 0.783. The van der Waals surface area contributed by atoms with Gasteiger partial charge in [-0.15, -0.1) is 5.11 Å². The van der Waals surface area contributed by atoms with Gasteiger partial charge in [0.25, 0.3) is 0 Å². The van der Waals surface area contributed by atoms with Crippen LogP contribution in [0.5, 0.6) is 5.75 Å². The van der Waals surface area contributed by atoms with E-state index in [0.29, 0.717) is 0 Å². The predicted molar refractivity (Wildman–Crippen MR) is 48.2 cm³/mol. The Kier molecular flexibility index (Phi) is 1.05. The number of aromatic hydroxyl groups is 1. The van der Waals surface area contributed by atoms with E-state index in [-0.39, 0.29) is 5.75 Å². The molecule has 0 spiro atoms. The molecule has 0 bridgehead atoms. The van der Waals surface area contributed by atoms with E-state index in [4.69, 9.17) is 0 Å². The van der Waals surface area contributed by atoms with E-state index in [1.54, 1.807) is 18.3 Å². The molecule has 0 unspecified atom stereocenters. The summed E-state index contributed by atoms with van der Waals surface area (Å²) in [6, 6.07) is 5.27. The fraction of sp³-hybridized carbons (Fsp3) is 0. The molecule has 3 heteroatoms. The quantitative estimate of drug-likeness (QED) is 0.610. The fourth-order valence-corrected chi connectivity index (χ4v) is 1.63. The molecule has 0 amide bonds. The van der Waals surface area contributed by atoms with Crippen molar-refractivity contribution in [2.45, 2.75) is 0 Å². The highest BCUT2D eigenvalue weighted by atomic mass is 16.3. The van der Waals surface area contributed by atoms with Crippen molar-refractivity contribution >= 4 is 11.8 Å². The molecule has 0 radical (unpaired) electrons. The molecule has 3 rings (SSSR count). The summed E-state index contributed by atoms with van der Waals surface area (Å²) in [6.07, 6.45) is 3.75. The molecule has 1 aliphatic carbocycles. The second-order valence-electron chi connectivity index (χ2n) is 3.06. The van der Waals surface area contributed by atoms with Crippen LogP contribution in [0.3, 0.4) is 0 Å². The number of nitrogens with zero attached hydrogens (tertiary/aromatic N) is 2. The lowest BCUT2D eigenvalue weighted by Gasteiger charge is -1.90. The molecule has 0 atom stereocenters. The molecule has 1 heterocycles. The summed E-state index contributed by atoms with van der Waals surface area (Å²) >= 11 is 0. The van der Waals surface area contributed by atoms with Crippen molar-refractivity contribution in [1.29, 1.82) is 0 Å². The van der Waals surface area contributed by atoms with Gasteiger partial charge < -0.3 is 5.11 Å². The number of hydrogen-bond donors (Lipinski definition) is 1. The lowest BCUT2D eigenvalue weighted by Crippen LogP contribution is -2.21. The van der Waals surface area contributed by atoms with Gasteiger partial charge in [-0.3, -0.25) is 0 Å². The van der Waals surface area contributed by atoms with Crippen LogP contribution in [-0.2, 0) is 0 Å². The molecule has 13 heavy (non-hydrogen) atoms. The van der Waals surface area contributed by atoms with E-state index in [2.05, 4.69) is 10.2 Å². The minimum absolute atomic E-state index is 0.267. The maximum absolute atomic E-state index is 9.30. The lowest BCUT2D eigenvalue weighted by molar-refractivity contribution is 0.474. The van der Waals surface area contributed by atoms with E-state index in [0.717, 1.165) is 21.7 Å². The first-order valence-electron chi connectivity index (χ1n) is 4.01. The van der Waals surface area contributed by atoms with E-state index in [1.165, 1.54) is 0 Å². The summed E-state index contributed by atoms with van der Waals surface area (Å²) in [5, 5.41) is 19.2. The maximum atomic E-state index is 9.30. The van der Waals surface area contributed by atoms with Gasteiger partial charge >= 0.3 is 0 Å². The molecule has 0 aromatic heterocycles. The van der Waals surface area contributed by atoms with Gasteiger partial charge in [0.15, 0.2) is 0 Å². The van der Waals surface area contributed by atoms with Gasteiger partial charge in [0.1, 0.15) is 11.4 Å². The molecule has 2 aliphatic rings. The Morgan fingerprint density at radius 2 is 2.15 bits per heavy atom. The van der Waals surface area contributed by atoms with Crippen LogP contribution in [-0.4, -0.2) is 5.11 Å². The average molecular weight is 170 g/mol. The molecule has 1 aromatic rings. The SMILES string of the molecule is Oc1ccc2c(c1)=C1N=NC=C1C=2. The van der Waals surface area contributed by atoms with Crippen LogP contribution in [0.25, 0.3) is 11.8 Å². The Labute approximate surface area is 74.1 Å². The zero-order chi connectivity index (χ0) is 8.84. The Balaban J connectivity index is 2.54. The van der Waals surface area contributed by atoms with Crippen LogP contribution in [0, 0.1) is 0 Å². The monoisotopic (exact) mass is 170 g/mol. The van der Waals surface area contributed by atoms with Crippen LogP contribution < -0.4 is 10.4 Å². The van der Waals surface area contributed by atoms with Gasteiger partial charge in [-0.1, -0.05) is 6.07 Å². The second-order valence-corrected chi connectivity index (χ2v) is 3.06. The molecular weight excluding hydrogens is 164 g/mol. The first-order valence-corrected chi connectivity index (χ1v) is 4.01. The highest BCUT2D eigenvalue weighted by molar-refractivity contribution is 5.82. The van der Waals surface area contributed by atoms with Crippen molar-refractivity contribution in [2.24, 2.45) is 10.2 Å². The minimum Gasteiger partial charge on any atom is -0.508 e. The van der Waals surface area contributed by atoms with Crippen molar-refractivity contribution < 1.29 is 5.11 Å². The normalized spacial score (nSPS) is 16.6. The van der Waals surface area contributed by atoms with Crippen LogP contribution >= 0.6 is 0 Å². The molecule has 0 saturated heterocycles. The molecule has 62 valence electrons. The van der Waals surface area contributed by atoms with Crippen LogP contribution in [0.1, 0.15) is 0 Å². The number of azo groups is 1. The van der Waals surface area contributed by atoms with Gasteiger partial charge in [-0.25, -0.2) is 0 Å². The number of hydrogen-bond acceptors (Lipinski definition) is 3. The predicted octanol–water partition coefficient (Wildman–Crippen LogP) is 0.644. The Bertz CT molecular complexity index is 567. The summed E-state index contributed by atoms with van der Waals surface area (Å²) in [5.41, 5.74) is 1.89. The van der Waals surface area contributed by atoms with E-state index in [9.17, 15) is 5.11 Å². The number of phenolic OH excluding ortho intramolecular Hbond substituents is 1. The highest BCUT2D eigenvalue weighted by Gasteiger charge is 2.14. The standard InChI is InChI=1S/C10H6N2O/c13-8-2-1-6-3-7-5-11-12-10(7)9(6)4-8/h1-5,13H. The van der Waals surface area contributed by atoms with E-state index < -0.39 is 0 Å². The zero-order valence-corrected chi connectivity index (χ0v) is 6.73. The number of rotatable bonds is 0. The fourth-order valence-electron chi connectivity index (χ4n) is 1.63. The molecule has 1 N–H and O–H groups in total. The van der Waals surface area contributed by atoms with Gasteiger partial charge in [0, 0.05) is 10.8 Å². The van der Waals surface area contributed by atoms with Crippen molar-refractivity contribution in [3.63, 3.8) is 0 Å². The van der Waals surface area contributed by atoms with E-state index in [1.807, 2.05) is 12.1 Å². The van der Waals surface area contributed by atoms with Crippen LogP contribution in [0.4, 0.5) is 0 Å². The molecule has 0 saturated carbocycles. The molecule has 1 aliphatic heterocycles. The largest absolute Gasteiger partial charge is 0.508 e. The average Bonchev–Trinajstić information content (AvgIpc) is 2.64. The summed E-state index contributed by atoms with van der Waals surface area (Å²) in [5.74, 6) is 0.267. The van der Waals surface area contributed by atoms with Crippen molar-refractivity contribution in [1.82, 2.24) is 0 Å². The topological polar surface area (TPSA) is 45.0 Å². The molecule has 1 aromatic carbocycles. The summed E-state index contributed by atoms with van der Waals surface area (Å²) < 4.78 is 0. The summed E-state index contributed by atoms with van der Waals surface area (Å²) in [7, 11) is 0. The number of phenols is 1. The number of benzene rings is 1. The summed E-state index contributed by atoms with van der Waals surface area (Å²) in [6.45, 7) is 0.